The molecule has 3 heterocycles. The zero-order valence-electron chi connectivity index (χ0n) is 12.9. The van der Waals surface area contributed by atoms with E-state index in [1.54, 1.807) is 0 Å². The molecule has 3 saturated heterocycles. The highest BCUT2D eigenvalue weighted by atomic mass is 16.8. The van der Waals surface area contributed by atoms with Crippen molar-refractivity contribution in [3.63, 3.8) is 0 Å². The van der Waals surface area contributed by atoms with Crippen LogP contribution in [0.3, 0.4) is 0 Å². The Kier molecular flexibility index (Phi) is 4.03. The van der Waals surface area contributed by atoms with Crippen molar-refractivity contribution in [1.29, 1.82) is 0 Å². The van der Waals surface area contributed by atoms with Crippen LogP contribution in [0.5, 0.6) is 0 Å². The van der Waals surface area contributed by atoms with E-state index in [4.69, 9.17) is 33.5 Å². The Bertz CT molecular complexity index is 384. The average Bonchev–Trinajstić information content (AvgIpc) is 2.96. The summed E-state index contributed by atoms with van der Waals surface area (Å²) in [4.78, 5) is 0. The van der Waals surface area contributed by atoms with E-state index in [1.807, 2.05) is 27.7 Å². The minimum atomic E-state index is -0.701. The number of hydrogen-bond acceptors (Lipinski definition) is 7. The minimum absolute atomic E-state index is 0.0572. The highest BCUT2D eigenvalue weighted by Gasteiger charge is 2.58. The lowest BCUT2D eigenvalue weighted by atomic mass is 10.1. The highest BCUT2D eigenvalue weighted by molar-refractivity contribution is 4.98. The van der Waals surface area contributed by atoms with Crippen LogP contribution >= 0.6 is 0 Å². The summed E-state index contributed by atoms with van der Waals surface area (Å²) in [6.45, 7) is 7.99. The number of aliphatic hydroxyl groups excluding tert-OH is 1. The molecule has 3 aliphatic rings. The van der Waals surface area contributed by atoms with Gasteiger partial charge in [0.2, 0.25) is 0 Å². The van der Waals surface area contributed by atoms with Crippen LogP contribution in [0.1, 0.15) is 27.7 Å². The van der Waals surface area contributed by atoms with Crippen LogP contribution in [0.4, 0.5) is 0 Å². The van der Waals surface area contributed by atoms with Gasteiger partial charge in [-0.3, -0.25) is 0 Å². The van der Waals surface area contributed by atoms with Crippen molar-refractivity contribution >= 4 is 0 Å². The second-order valence-corrected chi connectivity index (χ2v) is 6.50. The van der Waals surface area contributed by atoms with Gasteiger partial charge in [0.15, 0.2) is 17.9 Å². The van der Waals surface area contributed by atoms with Gasteiger partial charge < -0.3 is 33.5 Å². The van der Waals surface area contributed by atoms with Gasteiger partial charge in [-0.2, -0.15) is 0 Å². The van der Waals surface area contributed by atoms with Crippen molar-refractivity contribution in [2.24, 2.45) is 0 Å². The number of rotatable bonds is 4. The van der Waals surface area contributed by atoms with Crippen LogP contribution in [0.25, 0.3) is 0 Å². The predicted octanol–water partition coefficient (Wildman–Crippen LogP) is 0.392. The Hall–Kier alpha value is -0.280. The summed E-state index contributed by atoms with van der Waals surface area (Å²) in [5.41, 5.74) is 0. The van der Waals surface area contributed by atoms with Crippen molar-refractivity contribution in [3.8, 4) is 0 Å². The molecule has 0 aromatic rings. The van der Waals surface area contributed by atoms with E-state index >= 15 is 0 Å². The van der Waals surface area contributed by atoms with Gasteiger partial charge >= 0.3 is 0 Å². The summed E-state index contributed by atoms with van der Waals surface area (Å²) in [5.74, 6) is -1.33. The zero-order valence-corrected chi connectivity index (χ0v) is 12.9. The summed E-state index contributed by atoms with van der Waals surface area (Å²) in [5, 5.41) is 9.01. The van der Waals surface area contributed by atoms with Crippen LogP contribution in [0.15, 0.2) is 0 Å². The molecule has 1 N–H and O–H groups in total. The van der Waals surface area contributed by atoms with Gasteiger partial charge in [-0.05, 0) is 27.7 Å². The molecule has 0 spiro atoms. The number of fused-ring (bicyclic) bond motifs is 1. The Morgan fingerprint density at radius 3 is 2.43 bits per heavy atom. The molecule has 0 saturated carbocycles. The van der Waals surface area contributed by atoms with Crippen LogP contribution in [-0.4, -0.2) is 67.2 Å². The summed E-state index contributed by atoms with van der Waals surface area (Å²) in [7, 11) is 0. The van der Waals surface area contributed by atoms with E-state index in [0.717, 1.165) is 0 Å². The molecule has 7 heteroatoms. The van der Waals surface area contributed by atoms with Gasteiger partial charge in [0.05, 0.1) is 19.8 Å². The maximum absolute atomic E-state index is 9.01. The minimum Gasteiger partial charge on any atom is -0.394 e. The lowest BCUT2D eigenvalue weighted by molar-refractivity contribution is -0.236. The molecule has 0 aliphatic carbocycles. The van der Waals surface area contributed by atoms with E-state index in [-0.39, 0.29) is 37.6 Å². The number of hydrogen-bond donors (Lipinski definition) is 1. The molecule has 21 heavy (non-hydrogen) atoms. The van der Waals surface area contributed by atoms with Crippen molar-refractivity contribution < 1.29 is 33.5 Å². The van der Waals surface area contributed by atoms with Gasteiger partial charge in [0.25, 0.3) is 0 Å². The molecule has 5 atom stereocenters. The molecule has 0 amide bonds. The van der Waals surface area contributed by atoms with Crippen molar-refractivity contribution in [1.82, 2.24) is 0 Å². The van der Waals surface area contributed by atoms with E-state index < -0.39 is 17.9 Å². The third-order valence-corrected chi connectivity index (χ3v) is 3.83. The first-order valence-electron chi connectivity index (χ1n) is 7.37. The zero-order chi connectivity index (χ0) is 15.3. The molecule has 0 aromatic heterocycles. The third kappa shape index (κ3) is 3.10. The van der Waals surface area contributed by atoms with Gasteiger partial charge in [0.1, 0.15) is 24.4 Å². The van der Waals surface area contributed by atoms with E-state index in [9.17, 15) is 0 Å². The van der Waals surface area contributed by atoms with Crippen LogP contribution in [0.2, 0.25) is 0 Å². The Morgan fingerprint density at radius 1 is 1.05 bits per heavy atom. The summed E-state index contributed by atoms with van der Waals surface area (Å²) < 4.78 is 34.8. The molecule has 7 nitrogen and oxygen atoms in total. The Morgan fingerprint density at radius 2 is 1.81 bits per heavy atom. The molecule has 0 radical (unpaired) electrons. The average molecular weight is 304 g/mol. The number of aliphatic hydroxyl groups is 1. The maximum atomic E-state index is 9.01. The van der Waals surface area contributed by atoms with Gasteiger partial charge in [-0.15, -0.1) is 0 Å². The number of ether oxygens (including phenoxy) is 6. The molecular weight excluding hydrogens is 280 g/mol. The fraction of sp³-hybridized carbons (Fsp3) is 1.00. The molecule has 2 unspecified atom stereocenters. The maximum Gasteiger partial charge on any atom is 0.190 e. The van der Waals surface area contributed by atoms with Crippen LogP contribution in [-0.2, 0) is 28.4 Å². The fourth-order valence-electron chi connectivity index (χ4n) is 3.06. The molecule has 0 aromatic carbocycles. The molecule has 0 bridgehead atoms. The van der Waals surface area contributed by atoms with Gasteiger partial charge in [-0.25, -0.2) is 0 Å². The van der Waals surface area contributed by atoms with Crippen molar-refractivity contribution in [3.05, 3.63) is 0 Å². The molecule has 3 aliphatic heterocycles. The lowest BCUT2D eigenvalue weighted by Crippen LogP contribution is -2.44. The van der Waals surface area contributed by atoms with Crippen molar-refractivity contribution in [2.75, 3.05) is 19.8 Å². The molecule has 3 fully saturated rings. The van der Waals surface area contributed by atoms with E-state index in [2.05, 4.69) is 0 Å². The van der Waals surface area contributed by atoms with E-state index in [1.165, 1.54) is 0 Å². The molecular formula is C14H24O7. The summed E-state index contributed by atoms with van der Waals surface area (Å²) >= 11 is 0. The monoisotopic (exact) mass is 304 g/mol. The Balaban J connectivity index is 1.72. The highest BCUT2D eigenvalue weighted by Crippen LogP contribution is 2.41. The standard InChI is InChI=1S/C14H24O7/c1-13(2)17-7-8(19-13)9-10(16-6-5-15)11-12(18-9)21-14(3,4)20-11/h8-12,15H,5-7H2,1-4H3/t8?,9-,10?,11+,12-/m1/s1. The third-order valence-electron chi connectivity index (χ3n) is 3.83. The smallest absolute Gasteiger partial charge is 0.190 e. The summed E-state index contributed by atoms with van der Waals surface area (Å²) in [6, 6.07) is 0. The van der Waals surface area contributed by atoms with Crippen LogP contribution < -0.4 is 0 Å². The predicted molar refractivity (Wildman–Crippen MR) is 70.4 cm³/mol. The van der Waals surface area contributed by atoms with Crippen molar-refractivity contribution in [2.45, 2.75) is 70.0 Å². The first-order chi connectivity index (χ1) is 9.81. The second-order valence-electron chi connectivity index (χ2n) is 6.50. The lowest BCUT2D eigenvalue weighted by Gasteiger charge is -2.28. The first-order valence-corrected chi connectivity index (χ1v) is 7.37. The largest absolute Gasteiger partial charge is 0.394 e. The fourth-order valence-corrected chi connectivity index (χ4v) is 3.06. The molecule has 122 valence electrons. The topological polar surface area (TPSA) is 75.6 Å². The van der Waals surface area contributed by atoms with Gasteiger partial charge in [0, 0.05) is 0 Å². The Labute approximate surface area is 124 Å². The molecule has 3 rings (SSSR count). The van der Waals surface area contributed by atoms with Crippen LogP contribution in [0, 0.1) is 0 Å². The van der Waals surface area contributed by atoms with E-state index in [0.29, 0.717) is 6.61 Å². The summed E-state index contributed by atoms with van der Waals surface area (Å²) in [6.07, 6.45) is -1.76. The normalized spacial score (nSPS) is 44.1. The quantitative estimate of drug-likeness (QED) is 0.805. The first kappa shape index (κ1) is 15.6. The second kappa shape index (κ2) is 5.42. The SMILES string of the molecule is CC1(C)OCC([C@H]2O[C@@H]3OC(C)(C)O[C@H]3C2OCCO)O1. The van der Waals surface area contributed by atoms with Gasteiger partial charge in [-0.1, -0.05) is 0 Å².